The molecule has 226 valence electrons. The van der Waals surface area contributed by atoms with Crippen molar-refractivity contribution in [3.63, 3.8) is 0 Å². The predicted molar refractivity (Wildman–Crippen MR) is 128 cm³/mol. The number of carbonyl (C=O) groups is 1. The Morgan fingerprint density at radius 1 is 0.897 bits per heavy atom. The van der Waals surface area contributed by atoms with Gasteiger partial charge in [0, 0.05) is 13.5 Å². The van der Waals surface area contributed by atoms with Crippen LogP contribution in [-0.2, 0) is 28.5 Å². The summed E-state index contributed by atoms with van der Waals surface area (Å²) in [6.45, 7) is 3.32. The maximum absolute atomic E-state index is 11.7. The van der Waals surface area contributed by atoms with Gasteiger partial charge in [-0.05, 0) is 0 Å². The number of nitrogens with one attached hydrogen (secondary N) is 2. The Morgan fingerprint density at radius 2 is 1.54 bits per heavy atom. The smallest absolute Gasteiger partial charge is 0.217 e. The van der Waals surface area contributed by atoms with Crippen molar-refractivity contribution in [2.24, 2.45) is 0 Å². The van der Waals surface area contributed by atoms with Crippen LogP contribution in [0.15, 0.2) is 12.7 Å². The normalized spacial score (nSPS) is 45.1. The van der Waals surface area contributed by atoms with Gasteiger partial charge < -0.3 is 75.2 Å². The molecule has 0 spiro atoms. The fourth-order valence-electron chi connectivity index (χ4n) is 4.77. The van der Waals surface area contributed by atoms with E-state index in [4.69, 9.17) is 23.7 Å². The van der Waals surface area contributed by atoms with E-state index in [1.807, 2.05) is 0 Å². The highest BCUT2D eigenvalue weighted by Crippen LogP contribution is 2.30. The number of ether oxygens (including phenoxy) is 5. The van der Waals surface area contributed by atoms with E-state index in [0.717, 1.165) is 0 Å². The first kappa shape index (κ1) is 32.2. The van der Waals surface area contributed by atoms with Gasteiger partial charge in [-0.2, -0.15) is 0 Å². The molecule has 10 N–H and O–H groups in total. The van der Waals surface area contributed by atoms with Crippen LogP contribution in [0.4, 0.5) is 0 Å². The van der Waals surface area contributed by atoms with Crippen molar-refractivity contribution in [3.05, 3.63) is 12.7 Å². The summed E-state index contributed by atoms with van der Waals surface area (Å²) in [6, 6.07) is -1.97. The molecule has 0 saturated carbocycles. The predicted octanol–water partition coefficient (Wildman–Crippen LogP) is -5.96. The zero-order valence-electron chi connectivity index (χ0n) is 21.4. The minimum atomic E-state index is -1.78. The molecule has 0 aromatic rings. The van der Waals surface area contributed by atoms with E-state index >= 15 is 0 Å². The van der Waals surface area contributed by atoms with Gasteiger partial charge in [-0.3, -0.25) is 4.79 Å². The molecule has 39 heavy (non-hydrogen) atoms. The van der Waals surface area contributed by atoms with Crippen molar-refractivity contribution in [2.45, 2.75) is 92.6 Å². The van der Waals surface area contributed by atoms with E-state index < -0.39 is 105 Å². The molecule has 1 amide bonds. The summed E-state index contributed by atoms with van der Waals surface area (Å²) in [5.74, 6) is -0.515. The van der Waals surface area contributed by atoms with Crippen LogP contribution in [0.25, 0.3) is 0 Å². The summed E-state index contributed by atoms with van der Waals surface area (Å²) in [7, 11) is 0. The van der Waals surface area contributed by atoms with Crippen molar-refractivity contribution in [1.29, 1.82) is 0 Å². The summed E-state index contributed by atoms with van der Waals surface area (Å²) < 4.78 is 27.9. The molecule has 0 unspecified atom stereocenters. The number of carbonyl (C=O) groups excluding carboxylic acids is 1. The topological polar surface area (TPSA) is 249 Å². The number of hydrogen-bond donors (Lipinski definition) is 10. The Labute approximate surface area is 224 Å². The molecule has 3 saturated heterocycles. The van der Waals surface area contributed by atoms with Crippen LogP contribution < -0.4 is 10.6 Å². The van der Waals surface area contributed by atoms with Crippen LogP contribution in [0, 0.1) is 0 Å². The van der Waals surface area contributed by atoms with Crippen molar-refractivity contribution in [1.82, 2.24) is 10.6 Å². The monoisotopic (exact) mass is 568 g/mol. The Kier molecular flexibility index (Phi) is 12.0. The lowest BCUT2D eigenvalue weighted by molar-refractivity contribution is -0.345. The second kappa shape index (κ2) is 14.5. The number of aliphatic hydroxyl groups excluding tert-OH is 8. The Balaban J connectivity index is 1.70. The molecule has 0 aliphatic carbocycles. The maximum Gasteiger partial charge on any atom is 0.217 e. The minimum Gasteiger partial charge on any atom is -0.394 e. The maximum atomic E-state index is 11.7. The van der Waals surface area contributed by atoms with E-state index in [9.17, 15) is 45.6 Å². The van der Waals surface area contributed by atoms with E-state index in [0.29, 0.717) is 0 Å². The molecule has 3 aliphatic heterocycles. The van der Waals surface area contributed by atoms with Crippen LogP contribution in [0.1, 0.15) is 6.92 Å². The van der Waals surface area contributed by atoms with Crippen molar-refractivity contribution in [3.8, 4) is 0 Å². The fraction of sp³-hybridized carbons (Fsp3) is 0.870. The number of amides is 1. The van der Waals surface area contributed by atoms with Crippen molar-refractivity contribution >= 4 is 5.91 Å². The molecular weight excluding hydrogens is 528 g/mol. The first-order chi connectivity index (χ1) is 18.5. The summed E-state index contributed by atoms with van der Waals surface area (Å²) >= 11 is 0. The SMILES string of the molecule is C=CCO[C@@H]1O[C@H](CO)[C@@H](O[C@@H]2O[C@H](CN[C@H]3CO[C@H](CO)[C@@H](O)[C@@H]3O)[C@H](O)[C@H](O)[C@H]2O)[C@H](O)[C@H]1NC(C)=O. The second-order valence-electron chi connectivity index (χ2n) is 9.73. The Bertz CT molecular complexity index is 794. The van der Waals surface area contributed by atoms with Gasteiger partial charge in [0.25, 0.3) is 0 Å². The molecule has 16 nitrogen and oxygen atoms in total. The molecule has 3 fully saturated rings. The third-order valence-electron chi connectivity index (χ3n) is 6.96. The average Bonchev–Trinajstić information content (AvgIpc) is 2.91. The summed E-state index contributed by atoms with van der Waals surface area (Å²) in [5.41, 5.74) is 0. The summed E-state index contributed by atoms with van der Waals surface area (Å²) in [4.78, 5) is 11.7. The third-order valence-corrected chi connectivity index (χ3v) is 6.96. The van der Waals surface area contributed by atoms with Crippen molar-refractivity contribution in [2.75, 3.05) is 33.0 Å². The molecule has 0 radical (unpaired) electrons. The van der Waals surface area contributed by atoms with E-state index in [1.165, 1.54) is 13.0 Å². The molecule has 3 rings (SSSR count). The molecular formula is C23H40N2O14. The fourth-order valence-corrected chi connectivity index (χ4v) is 4.77. The number of hydrogen-bond acceptors (Lipinski definition) is 15. The van der Waals surface area contributed by atoms with Crippen LogP contribution in [0.5, 0.6) is 0 Å². The Morgan fingerprint density at radius 3 is 2.15 bits per heavy atom. The average molecular weight is 569 g/mol. The van der Waals surface area contributed by atoms with Gasteiger partial charge in [0.15, 0.2) is 12.6 Å². The van der Waals surface area contributed by atoms with Crippen LogP contribution in [-0.4, -0.2) is 165 Å². The van der Waals surface area contributed by atoms with Crippen LogP contribution in [0.2, 0.25) is 0 Å². The third kappa shape index (κ3) is 7.49. The van der Waals surface area contributed by atoms with Crippen LogP contribution >= 0.6 is 0 Å². The summed E-state index contributed by atoms with van der Waals surface area (Å²) in [5, 5.41) is 87.3. The highest BCUT2D eigenvalue weighted by molar-refractivity contribution is 5.73. The largest absolute Gasteiger partial charge is 0.394 e. The first-order valence-corrected chi connectivity index (χ1v) is 12.6. The van der Waals surface area contributed by atoms with E-state index in [-0.39, 0.29) is 19.8 Å². The quantitative estimate of drug-likeness (QED) is 0.104. The Hall–Kier alpha value is -1.35. The van der Waals surface area contributed by atoms with Gasteiger partial charge in [-0.25, -0.2) is 0 Å². The van der Waals surface area contributed by atoms with Gasteiger partial charge in [0.1, 0.15) is 67.1 Å². The summed E-state index contributed by atoms with van der Waals surface area (Å²) in [6.07, 6.45) is -15.5. The zero-order valence-corrected chi connectivity index (χ0v) is 21.4. The molecule has 0 bridgehead atoms. The van der Waals surface area contributed by atoms with Gasteiger partial charge in [0.2, 0.25) is 5.91 Å². The molecule has 0 aromatic heterocycles. The lowest BCUT2D eigenvalue weighted by atomic mass is 9.95. The minimum absolute atomic E-state index is 0.0127. The van der Waals surface area contributed by atoms with Crippen molar-refractivity contribution < 1.29 is 69.3 Å². The highest BCUT2D eigenvalue weighted by atomic mass is 16.7. The standard InChI is InChI=1S/C23H40N2O14/c1-3-4-35-22-14(25-9(2)28)18(32)21(13(7-27)38-22)39-23-20(34)19(33)16(30)11(37-23)5-24-10-8-36-12(6-26)17(31)15(10)29/h3,10-24,26-27,29-34H,1,4-8H2,2H3,(H,25,28)/t10-,11+,12+,13+,14+,15+,16-,17+,18+,19-,20+,21+,22+,23-/m0/s1. The lowest BCUT2D eigenvalue weighted by Crippen LogP contribution is -2.68. The van der Waals surface area contributed by atoms with Gasteiger partial charge >= 0.3 is 0 Å². The first-order valence-electron chi connectivity index (χ1n) is 12.6. The van der Waals surface area contributed by atoms with Gasteiger partial charge in [-0.1, -0.05) is 6.08 Å². The highest BCUT2D eigenvalue weighted by Gasteiger charge is 2.51. The van der Waals surface area contributed by atoms with E-state index in [1.54, 1.807) is 0 Å². The van der Waals surface area contributed by atoms with Gasteiger partial charge in [0.05, 0.1) is 32.5 Å². The molecule has 0 aromatic carbocycles. The molecule has 16 heteroatoms. The van der Waals surface area contributed by atoms with Gasteiger partial charge in [-0.15, -0.1) is 6.58 Å². The molecule has 14 atom stereocenters. The number of rotatable bonds is 11. The lowest BCUT2D eigenvalue weighted by Gasteiger charge is -2.47. The molecule has 3 heterocycles. The molecule has 3 aliphatic rings. The van der Waals surface area contributed by atoms with E-state index in [2.05, 4.69) is 17.2 Å². The number of aliphatic hydroxyl groups is 8. The zero-order chi connectivity index (χ0) is 28.9. The second-order valence-corrected chi connectivity index (χ2v) is 9.73. The van der Waals surface area contributed by atoms with Crippen LogP contribution in [0.3, 0.4) is 0 Å².